The largest absolute Gasteiger partial charge is 0.417 e. The standard InChI is InChI=1S/C30H21ClF3N5O2/c1-17-11-18(12-19(15-35)28(17)37-27(40)6-3-9-31)29(41)25-8-7-24-20(5-4-10-39(24)25)21-13-23-26(38(2)16-36-23)14-22(21)30(32,33)34/h3-8,10-14,16H,9H2,1-2H3,(H,37,40)/b6-3+. The van der Waals surface area contributed by atoms with Crippen LogP contribution in [0.4, 0.5) is 18.9 Å². The molecule has 0 saturated carbocycles. The number of carbonyl (C=O) groups excluding carboxylic acids is 2. The molecule has 0 saturated heterocycles. The number of carbonyl (C=O) groups is 2. The Hall–Kier alpha value is -4.88. The molecule has 0 bridgehead atoms. The second kappa shape index (κ2) is 10.6. The van der Waals surface area contributed by atoms with Crippen molar-refractivity contribution in [2.45, 2.75) is 13.1 Å². The molecule has 0 aliphatic heterocycles. The highest BCUT2D eigenvalue weighted by Crippen LogP contribution is 2.41. The van der Waals surface area contributed by atoms with E-state index in [9.17, 15) is 28.0 Å². The molecule has 0 aliphatic rings. The number of alkyl halides is 4. The van der Waals surface area contributed by atoms with E-state index < -0.39 is 23.4 Å². The number of pyridine rings is 1. The summed E-state index contributed by atoms with van der Waals surface area (Å²) in [4.78, 5) is 30.0. The molecule has 0 spiro atoms. The van der Waals surface area contributed by atoms with Crippen molar-refractivity contribution in [3.8, 4) is 17.2 Å². The number of allylic oxidation sites excluding steroid dienone is 1. The minimum Gasteiger partial charge on any atom is -0.334 e. The van der Waals surface area contributed by atoms with Gasteiger partial charge in [0.2, 0.25) is 11.7 Å². The van der Waals surface area contributed by atoms with Crippen LogP contribution in [0.2, 0.25) is 0 Å². The lowest BCUT2D eigenvalue weighted by molar-refractivity contribution is -0.137. The van der Waals surface area contributed by atoms with Crippen molar-refractivity contribution in [2.24, 2.45) is 7.05 Å². The summed E-state index contributed by atoms with van der Waals surface area (Å²) in [6, 6.07) is 13.7. The lowest BCUT2D eigenvalue weighted by Gasteiger charge is -2.15. The van der Waals surface area contributed by atoms with Crippen LogP contribution < -0.4 is 5.32 Å². The van der Waals surface area contributed by atoms with Gasteiger partial charge >= 0.3 is 6.18 Å². The number of nitriles is 1. The fraction of sp³-hybridized carbons (Fsp3) is 0.133. The minimum absolute atomic E-state index is 0.0580. The van der Waals surface area contributed by atoms with Crippen LogP contribution in [0, 0.1) is 18.3 Å². The van der Waals surface area contributed by atoms with Crippen molar-refractivity contribution in [3.05, 3.63) is 101 Å². The molecule has 0 fully saturated rings. The van der Waals surface area contributed by atoms with Crippen LogP contribution in [0.5, 0.6) is 0 Å². The molecule has 5 rings (SSSR count). The van der Waals surface area contributed by atoms with Crippen molar-refractivity contribution in [1.29, 1.82) is 5.26 Å². The number of benzene rings is 2. The monoisotopic (exact) mass is 575 g/mol. The third-order valence-electron chi connectivity index (χ3n) is 6.71. The maximum atomic E-state index is 14.2. The van der Waals surface area contributed by atoms with Gasteiger partial charge in [-0.1, -0.05) is 12.1 Å². The van der Waals surface area contributed by atoms with E-state index >= 15 is 0 Å². The lowest BCUT2D eigenvalue weighted by atomic mass is 9.98. The minimum atomic E-state index is -4.63. The quantitative estimate of drug-likeness (QED) is 0.139. The number of aromatic nitrogens is 3. The zero-order valence-electron chi connectivity index (χ0n) is 21.8. The number of hydrogen-bond acceptors (Lipinski definition) is 4. The topological polar surface area (TPSA) is 92.2 Å². The number of nitrogens with zero attached hydrogens (tertiary/aromatic N) is 4. The van der Waals surface area contributed by atoms with Gasteiger partial charge in [0.1, 0.15) is 6.07 Å². The van der Waals surface area contributed by atoms with Crippen molar-refractivity contribution in [1.82, 2.24) is 14.0 Å². The van der Waals surface area contributed by atoms with E-state index in [1.165, 1.54) is 45.6 Å². The molecule has 2 aromatic carbocycles. The summed E-state index contributed by atoms with van der Waals surface area (Å²) in [5.74, 6) is -0.776. The smallest absolute Gasteiger partial charge is 0.334 e. The Bertz CT molecular complexity index is 1930. The third kappa shape index (κ3) is 5.08. The maximum Gasteiger partial charge on any atom is 0.417 e. The molecular weight excluding hydrogens is 555 g/mol. The second-order valence-electron chi connectivity index (χ2n) is 9.34. The molecule has 0 atom stereocenters. The summed E-state index contributed by atoms with van der Waals surface area (Å²) in [7, 11) is 1.62. The molecule has 0 aliphatic carbocycles. The highest BCUT2D eigenvalue weighted by Gasteiger charge is 2.35. The molecule has 1 amide bonds. The zero-order valence-corrected chi connectivity index (χ0v) is 22.5. The first-order valence-electron chi connectivity index (χ1n) is 12.3. The lowest BCUT2D eigenvalue weighted by Crippen LogP contribution is -2.12. The molecule has 3 aromatic heterocycles. The van der Waals surface area contributed by atoms with Gasteiger partial charge in [0.15, 0.2) is 0 Å². The summed E-state index contributed by atoms with van der Waals surface area (Å²) in [5.41, 5.74) is 1.77. The average molecular weight is 576 g/mol. The summed E-state index contributed by atoms with van der Waals surface area (Å²) in [6.45, 7) is 1.65. The highest BCUT2D eigenvalue weighted by molar-refractivity contribution is 6.19. The van der Waals surface area contributed by atoms with Crippen LogP contribution in [0.15, 0.2) is 73.2 Å². The molecule has 206 valence electrons. The number of halogens is 4. The van der Waals surface area contributed by atoms with E-state index in [0.717, 1.165) is 6.07 Å². The van der Waals surface area contributed by atoms with Gasteiger partial charge in [-0.3, -0.25) is 9.59 Å². The Kier molecular flexibility index (Phi) is 7.15. The first kappa shape index (κ1) is 27.7. The second-order valence-corrected chi connectivity index (χ2v) is 9.65. The Morgan fingerprint density at radius 1 is 1.12 bits per heavy atom. The van der Waals surface area contributed by atoms with E-state index in [-0.39, 0.29) is 39.5 Å². The van der Waals surface area contributed by atoms with Crippen LogP contribution in [0.25, 0.3) is 27.7 Å². The Morgan fingerprint density at radius 3 is 2.61 bits per heavy atom. The van der Waals surface area contributed by atoms with Gasteiger partial charge in [0, 0.05) is 36.3 Å². The normalized spacial score (nSPS) is 11.8. The number of nitrogens with one attached hydrogen (secondary N) is 1. The zero-order chi connectivity index (χ0) is 29.5. The van der Waals surface area contributed by atoms with Crippen LogP contribution in [-0.4, -0.2) is 31.5 Å². The first-order valence-corrected chi connectivity index (χ1v) is 12.8. The van der Waals surface area contributed by atoms with Gasteiger partial charge in [0.25, 0.3) is 0 Å². The summed E-state index contributed by atoms with van der Waals surface area (Å²) in [5, 5.41) is 12.3. The Balaban J connectivity index is 1.60. The fourth-order valence-corrected chi connectivity index (χ4v) is 4.91. The van der Waals surface area contributed by atoms with Gasteiger partial charge in [-0.15, -0.1) is 11.6 Å². The molecule has 7 nitrogen and oxygen atoms in total. The molecule has 0 radical (unpaired) electrons. The number of amides is 1. The molecule has 0 unspecified atom stereocenters. The van der Waals surface area contributed by atoms with Crippen LogP contribution in [0.1, 0.15) is 32.7 Å². The van der Waals surface area contributed by atoms with Crippen LogP contribution >= 0.6 is 11.6 Å². The summed E-state index contributed by atoms with van der Waals surface area (Å²) >= 11 is 5.57. The van der Waals surface area contributed by atoms with Gasteiger partial charge in [0.05, 0.1) is 45.4 Å². The molecule has 1 N–H and O–H groups in total. The van der Waals surface area contributed by atoms with Crippen molar-refractivity contribution < 1.29 is 22.8 Å². The number of aryl methyl sites for hydroxylation is 2. The average Bonchev–Trinajstić information content (AvgIpc) is 3.54. The van der Waals surface area contributed by atoms with Crippen LogP contribution in [-0.2, 0) is 18.0 Å². The number of rotatable bonds is 6. The summed E-state index contributed by atoms with van der Waals surface area (Å²) in [6.07, 6.45) is 1.11. The van der Waals surface area contributed by atoms with Gasteiger partial charge in [-0.25, -0.2) is 4.98 Å². The molecule has 5 aromatic rings. The molecular formula is C30H21ClF3N5O2. The van der Waals surface area contributed by atoms with Crippen molar-refractivity contribution in [3.63, 3.8) is 0 Å². The van der Waals surface area contributed by atoms with Gasteiger partial charge in [-0.2, -0.15) is 18.4 Å². The fourth-order valence-electron chi connectivity index (χ4n) is 4.82. The predicted molar refractivity (Wildman–Crippen MR) is 150 cm³/mol. The van der Waals surface area contributed by atoms with Gasteiger partial charge in [-0.05, 0) is 60.5 Å². The van der Waals surface area contributed by atoms with E-state index in [1.54, 1.807) is 44.4 Å². The van der Waals surface area contributed by atoms with Crippen LogP contribution in [0.3, 0.4) is 0 Å². The van der Waals surface area contributed by atoms with E-state index in [4.69, 9.17) is 11.6 Å². The van der Waals surface area contributed by atoms with Gasteiger partial charge < -0.3 is 14.3 Å². The number of anilines is 1. The summed E-state index contributed by atoms with van der Waals surface area (Å²) < 4.78 is 45.6. The van der Waals surface area contributed by atoms with Crippen molar-refractivity contribution >= 4 is 45.5 Å². The van der Waals surface area contributed by atoms with E-state index in [1.807, 2.05) is 6.07 Å². The maximum absolute atomic E-state index is 14.2. The van der Waals surface area contributed by atoms with E-state index in [0.29, 0.717) is 22.1 Å². The molecule has 11 heteroatoms. The third-order valence-corrected chi connectivity index (χ3v) is 6.89. The molecule has 41 heavy (non-hydrogen) atoms. The Labute approximate surface area is 237 Å². The SMILES string of the molecule is Cc1cc(C(=O)c2ccc3c(-c4cc5ncn(C)c5cc4C(F)(F)F)cccn23)cc(C#N)c1NC(=O)/C=C/CCl. The Morgan fingerprint density at radius 2 is 1.90 bits per heavy atom. The number of hydrogen-bond donors (Lipinski definition) is 1. The van der Waals surface area contributed by atoms with Crippen molar-refractivity contribution in [2.75, 3.05) is 11.2 Å². The highest BCUT2D eigenvalue weighted by atomic mass is 35.5. The predicted octanol–water partition coefficient (Wildman–Crippen LogP) is 6.66. The van der Waals surface area contributed by atoms with E-state index in [2.05, 4.69) is 10.3 Å². The number of ketones is 1. The first-order chi connectivity index (χ1) is 19.5. The number of imidazole rings is 1. The molecule has 3 heterocycles. The number of fused-ring (bicyclic) bond motifs is 2.